The van der Waals surface area contributed by atoms with Crippen molar-refractivity contribution in [3.63, 3.8) is 0 Å². The Kier molecular flexibility index (Phi) is 7.06. The highest BCUT2D eigenvalue weighted by Gasteiger charge is 2.08. The van der Waals surface area contributed by atoms with Gasteiger partial charge in [-0.25, -0.2) is 4.79 Å². The van der Waals surface area contributed by atoms with Crippen molar-refractivity contribution < 1.29 is 19.1 Å². The van der Waals surface area contributed by atoms with Crippen LogP contribution < -0.4 is 10.1 Å². The predicted octanol–water partition coefficient (Wildman–Crippen LogP) is 3.98. The van der Waals surface area contributed by atoms with E-state index in [1.54, 1.807) is 18.4 Å². The third-order valence-electron chi connectivity index (χ3n) is 3.20. The van der Waals surface area contributed by atoms with Crippen LogP contribution in [-0.4, -0.2) is 26.0 Å². The van der Waals surface area contributed by atoms with Gasteiger partial charge in [0, 0.05) is 11.1 Å². The van der Waals surface area contributed by atoms with E-state index in [1.807, 2.05) is 42.5 Å². The first kappa shape index (κ1) is 18.1. The van der Waals surface area contributed by atoms with E-state index in [2.05, 4.69) is 21.8 Å². The summed E-state index contributed by atoms with van der Waals surface area (Å²) in [4.78, 5) is 16.4. The highest BCUT2D eigenvalue weighted by atomic mass is 16.6. The third-order valence-corrected chi connectivity index (χ3v) is 3.20. The molecule has 0 aliphatic heterocycles. The van der Waals surface area contributed by atoms with Gasteiger partial charge in [-0.15, -0.1) is 0 Å². The van der Waals surface area contributed by atoms with Crippen LogP contribution in [0.5, 0.6) is 5.75 Å². The third kappa shape index (κ3) is 5.69. The maximum atomic E-state index is 11.4. The first-order valence-electron chi connectivity index (χ1n) is 7.65. The summed E-state index contributed by atoms with van der Waals surface area (Å²) in [5.41, 5.74) is 2.24. The van der Waals surface area contributed by atoms with Gasteiger partial charge in [0.05, 0.1) is 19.0 Å². The van der Waals surface area contributed by atoms with Crippen molar-refractivity contribution in [1.29, 1.82) is 0 Å². The molecule has 0 spiro atoms. The number of para-hydroxylation sites is 2. The number of amides is 1. The summed E-state index contributed by atoms with van der Waals surface area (Å²) in [5, 5.41) is 6.53. The first-order valence-corrected chi connectivity index (χ1v) is 7.65. The highest BCUT2D eigenvalue weighted by Crippen LogP contribution is 2.21. The summed E-state index contributed by atoms with van der Waals surface area (Å²) in [6, 6.07) is 14.8. The van der Waals surface area contributed by atoms with E-state index in [9.17, 15) is 4.79 Å². The Morgan fingerprint density at radius 2 is 1.96 bits per heavy atom. The van der Waals surface area contributed by atoms with Crippen molar-refractivity contribution in [3.05, 3.63) is 72.3 Å². The molecule has 1 amide bonds. The minimum absolute atomic E-state index is 0.276. The first-order chi connectivity index (χ1) is 12.2. The largest absolute Gasteiger partial charge is 0.488 e. The number of anilines is 1. The number of carbonyl (C=O) groups is 1. The van der Waals surface area contributed by atoms with Crippen LogP contribution in [-0.2, 0) is 16.2 Å². The number of hydrogen-bond donors (Lipinski definition) is 1. The lowest BCUT2D eigenvalue weighted by atomic mass is 10.2. The van der Waals surface area contributed by atoms with E-state index in [1.165, 1.54) is 7.11 Å². The standard InChI is InChI=1S/C19H20N2O4/c1-3-12-25-20-13-15-8-5-7-11-18(15)24-14-16-9-4-6-10-17(16)21-19(22)23-2/h3-11,13H,1,12,14H2,2H3,(H,21,22). The molecule has 0 bridgehead atoms. The maximum absolute atomic E-state index is 11.4. The fraction of sp³-hybridized carbons (Fsp3) is 0.158. The molecule has 0 aromatic heterocycles. The Morgan fingerprint density at radius 1 is 1.20 bits per heavy atom. The van der Waals surface area contributed by atoms with Crippen molar-refractivity contribution >= 4 is 18.0 Å². The molecular weight excluding hydrogens is 320 g/mol. The molecule has 0 aliphatic rings. The van der Waals surface area contributed by atoms with Crippen LogP contribution in [0.3, 0.4) is 0 Å². The summed E-state index contributed by atoms with van der Waals surface area (Å²) < 4.78 is 10.5. The van der Waals surface area contributed by atoms with Gasteiger partial charge in [-0.2, -0.15) is 0 Å². The smallest absolute Gasteiger partial charge is 0.411 e. The number of ether oxygens (including phenoxy) is 2. The number of nitrogens with zero attached hydrogens (tertiary/aromatic N) is 1. The Bertz CT molecular complexity index is 744. The van der Waals surface area contributed by atoms with Gasteiger partial charge in [0.2, 0.25) is 0 Å². The molecule has 0 radical (unpaired) electrons. The molecule has 0 aliphatic carbocycles. The number of nitrogens with one attached hydrogen (secondary N) is 1. The van der Waals surface area contributed by atoms with E-state index < -0.39 is 6.09 Å². The molecule has 2 rings (SSSR count). The van der Waals surface area contributed by atoms with Crippen LogP contribution in [0, 0.1) is 0 Å². The van der Waals surface area contributed by atoms with Gasteiger partial charge in [0.25, 0.3) is 0 Å². The monoisotopic (exact) mass is 340 g/mol. The number of carbonyl (C=O) groups excluding carboxylic acids is 1. The van der Waals surface area contributed by atoms with Crippen LogP contribution in [0.15, 0.2) is 66.3 Å². The summed E-state index contributed by atoms with van der Waals surface area (Å²) >= 11 is 0. The second-order valence-electron chi connectivity index (χ2n) is 4.92. The van der Waals surface area contributed by atoms with Crippen LogP contribution in [0.25, 0.3) is 0 Å². The molecule has 0 atom stereocenters. The van der Waals surface area contributed by atoms with Crippen LogP contribution in [0.1, 0.15) is 11.1 Å². The Labute approximate surface area is 146 Å². The minimum Gasteiger partial charge on any atom is -0.488 e. The van der Waals surface area contributed by atoms with Crippen molar-refractivity contribution in [1.82, 2.24) is 0 Å². The summed E-state index contributed by atoms with van der Waals surface area (Å²) in [6.45, 7) is 4.17. The lowest BCUT2D eigenvalue weighted by Crippen LogP contribution is -2.13. The van der Waals surface area contributed by atoms with Crippen molar-refractivity contribution in [2.75, 3.05) is 19.0 Å². The molecule has 130 valence electrons. The van der Waals surface area contributed by atoms with Gasteiger partial charge in [0.1, 0.15) is 19.0 Å². The van der Waals surface area contributed by atoms with Crippen molar-refractivity contribution in [3.8, 4) is 5.75 Å². The fourth-order valence-corrected chi connectivity index (χ4v) is 1.99. The molecule has 25 heavy (non-hydrogen) atoms. The Balaban J connectivity index is 2.08. The van der Waals surface area contributed by atoms with Gasteiger partial charge >= 0.3 is 6.09 Å². The Morgan fingerprint density at radius 3 is 2.76 bits per heavy atom. The second kappa shape index (κ2) is 9.77. The molecule has 0 saturated carbocycles. The molecule has 1 N–H and O–H groups in total. The van der Waals surface area contributed by atoms with E-state index in [-0.39, 0.29) is 6.61 Å². The lowest BCUT2D eigenvalue weighted by Gasteiger charge is -2.12. The fourth-order valence-electron chi connectivity index (χ4n) is 1.99. The van der Waals surface area contributed by atoms with Gasteiger partial charge in [-0.05, 0) is 18.2 Å². The van der Waals surface area contributed by atoms with E-state index in [4.69, 9.17) is 9.57 Å². The predicted molar refractivity (Wildman–Crippen MR) is 97.0 cm³/mol. The van der Waals surface area contributed by atoms with Crippen LogP contribution in [0.2, 0.25) is 0 Å². The topological polar surface area (TPSA) is 69.2 Å². The summed E-state index contributed by atoms with van der Waals surface area (Å²) in [5.74, 6) is 0.654. The van der Waals surface area contributed by atoms with E-state index >= 15 is 0 Å². The van der Waals surface area contributed by atoms with Gasteiger partial charge in [0.15, 0.2) is 0 Å². The normalized spacial score (nSPS) is 10.3. The molecule has 0 heterocycles. The minimum atomic E-state index is -0.528. The quantitative estimate of drug-likeness (QED) is 0.341. The molecule has 2 aromatic rings. The van der Waals surface area contributed by atoms with Crippen molar-refractivity contribution in [2.45, 2.75) is 6.61 Å². The number of hydrogen-bond acceptors (Lipinski definition) is 5. The zero-order chi connectivity index (χ0) is 17.9. The number of methoxy groups -OCH3 is 1. The average Bonchev–Trinajstić information content (AvgIpc) is 2.65. The van der Waals surface area contributed by atoms with E-state index in [0.29, 0.717) is 18.0 Å². The second-order valence-corrected chi connectivity index (χ2v) is 4.92. The molecule has 0 unspecified atom stereocenters. The van der Waals surface area contributed by atoms with Crippen LogP contribution >= 0.6 is 0 Å². The number of rotatable bonds is 8. The molecule has 2 aromatic carbocycles. The maximum Gasteiger partial charge on any atom is 0.411 e. The number of benzene rings is 2. The zero-order valence-electron chi connectivity index (χ0n) is 14.0. The van der Waals surface area contributed by atoms with Gasteiger partial charge in [-0.1, -0.05) is 48.1 Å². The number of oxime groups is 1. The van der Waals surface area contributed by atoms with Gasteiger partial charge < -0.3 is 14.3 Å². The SMILES string of the molecule is C=CCON=Cc1ccccc1OCc1ccccc1NC(=O)OC. The molecular formula is C19H20N2O4. The van der Waals surface area contributed by atoms with Crippen molar-refractivity contribution in [2.24, 2.45) is 5.16 Å². The molecule has 6 heteroatoms. The van der Waals surface area contributed by atoms with Crippen LogP contribution in [0.4, 0.5) is 10.5 Å². The highest BCUT2D eigenvalue weighted by molar-refractivity contribution is 5.85. The lowest BCUT2D eigenvalue weighted by molar-refractivity contribution is 0.176. The van der Waals surface area contributed by atoms with Gasteiger partial charge in [-0.3, -0.25) is 5.32 Å². The average molecular weight is 340 g/mol. The zero-order valence-corrected chi connectivity index (χ0v) is 14.0. The summed E-state index contributed by atoms with van der Waals surface area (Å²) in [6.07, 6.45) is 2.67. The summed E-state index contributed by atoms with van der Waals surface area (Å²) in [7, 11) is 1.32. The molecule has 0 saturated heterocycles. The van der Waals surface area contributed by atoms with E-state index in [0.717, 1.165) is 11.1 Å². The molecule has 6 nitrogen and oxygen atoms in total. The molecule has 0 fully saturated rings. The Hall–Kier alpha value is -3.28.